The molecule has 0 bridgehead atoms. The minimum atomic E-state index is -0.140. The molecule has 0 aromatic heterocycles. The van der Waals surface area contributed by atoms with Crippen molar-refractivity contribution in [3.05, 3.63) is 35.9 Å². The minimum Gasteiger partial charge on any atom is -0.355 e. The van der Waals surface area contributed by atoms with Crippen LogP contribution in [-0.4, -0.2) is 18.5 Å². The molecule has 0 fully saturated rings. The van der Waals surface area contributed by atoms with Crippen LogP contribution in [-0.2, 0) is 4.79 Å². The summed E-state index contributed by atoms with van der Waals surface area (Å²) in [5, 5.41) is 2.99. The maximum Gasteiger partial charge on any atom is 0.224 e. The average molecular weight is 248 g/mol. The van der Waals surface area contributed by atoms with Crippen molar-refractivity contribution >= 4 is 5.91 Å². The van der Waals surface area contributed by atoms with Crippen molar-refractivity contribution in [3.63, 3.8) is 0 Å². The third kappa shape index (κ3) is 4.15. The Kier molecular flexibility index (Phi) is 5.86. The molecule has 0 aliphatic heterocycles. The number of hydrogen-bond donors (Lipinski definition) is 2. The Balaban J connectivity index is 2.53. The summed E-state index contributed by atoms with van der Waals surface area (Å²) >= 11 is 0. The molecule has 1 amide bonds. The van der Waals surface area contributed by atoms with Crippen LogP contribution in [0.15, 0.2) is 30.3 Å². The fourth-order valence-corrected chi connectivity index (χ4v) is 1.85. The molecule has 0 heterocycles. The summed E-state index contributed by atoms with van der Waals surface area (Å²) < 4.78 is 0. The maximum absolute atomic E-state index is 11.8. The van der Waals surface area contributed by atoms with Crippen LogP contribution in [0.1, 0.15) is 38.7 Å². The summed E-state index contributed by atoms with van der Waals surface area (Å²) in [6.07, 6.45) is 1.01. The summed E-state index contributed by atoms with van der Waals surface area (Å²) in [5.74, 6) is 0.271. The van der Waals surface area contributed by atoms with E-state index in [2.05, 4.69) is 24.4 Å². The summed E-state index contributed by atoms with van der Waals surface area (Å²) in [4.78, 5) is 11.8. The van der Waals surface area contributed by atoms with E-state index < -0.39 is 0 Å². The highest BCUT2D eigenvalue weighted by molar-refractivity contribution is 5.78. The van der Waals surface area contributed by atoms with Crippen LogP contribution in [0.5, 0.6) is 0 Å². The lowest BCUT2D eigenvalue weighted by Crippen LogP contribution is -2.40. The van der Waals surface area contributed by atoms with Gasteiger partial charge in [-0.25, -0.2) is 0 Å². The second kappa shape index (κ2) is 7.17. The molecule has 3 unspecified atom stereocenters. The number of carbonyl (C=O) groups excluding carboxylic acids is 1. The lowest BCUT2D eigenvalue weighted by Gasteiger charge is -2.19. The topological polar surface area (TPSA) is 55.1 Å². The predicted octanol–water partition coefficient (Wildman–Crippen LogP) is 2.28. The summed E-state index contributed by atoms with van der Waals surface area (Å²) in [6.45, 7) is 6.54. The highest BCUT2D eigenvalue weighted by Crippen LogP contribution is 2.18. The summed E-state index contributed by atoms with van der Waals surface area (Å²) in [6, 6.07) is 10.2. The van der Waals surface area contributed by atoms with Gasteiger partial charge in [0.1, 0.15) is 0 Å². The average Bonchev–Trinajstić information content (AvgIpc) is 2.39. The second-order valence-electron chi connectivity index (χ2n) is 4.91. The molecule has 3 N–H and O–H groups in total. The maximum atomic E-state index is 11.8. The van der Waals surface area contributed by atoms with Crippen LogP contribution in [0, 0.1) is 5.92 Å². The predicted molar refractivity (Wildman–Crippen MR) is 75.3 cm³/mol. The zero-order valence-electron chi connectivity index (χ0n) is 11.5. The lowest BCUT2D eigenvalue weighted by atomic mass is 9.96. The first kappa shape index (κ1) is 14.7. The van der Waals surface area contributed by atoms with Crippen LogP contribution >= 0.6 is 0 Å². The zero-order chi connectivity index (χ0) is 13.5. The lowest BCUT2D eigenvalue weighted by molar-refractivity contribution is -0.125. The molecule has 1 aromatic rings. The van der Waals surface area contributed by atoms with Crippen LogP contribution < -0.4 is 11.1 Å². The van der Waals surface area contributed by atoms with Gasteiger partial charge >= 0.3 is 0 Å². The Morgan fingerprint density at radius 2 is 1.89 bits per heavy atom. The molecule has 3 heteroatoms. The number of nitrogens with one attached hydrogen (secondary N) is 1. The van der Waals surface area contributed by atoms with Gasteiger partial charge in [0, 0.05) is 24.4 Å². The van der Waals surface area contributed by atoms with Gasteiger partial charge in [0.05, 0.1) is 0 Å². The van der Waals surface area contributed by atoms with Gasteiger partial charge in [-0.3, -0.25) is 4.79 Å². The zero-order valence-corrected chi connectivity index (χ0v) is 11.5. The first-order valence-corrected chi connectivity index (χ1v) is 6.64. The molecule has 1 rings (SSSR count). The van der Waals surface area contributed by atoms with E-state index in [1.807, 2.05) is 32.0 Å². The molecule has 3 nitrogen and oxygen atoms in total. The van der Waals surface area contributed by atoms with Gasteiger partial charge in [-0.15, -0.1) is 0 Å². The van der Waals surface area contributed by atoms with E-state index >= 15 is 0 Å². The van der Waals surface area contributed by atoms with Crippen molar-refractivity contribution in [2.75, 3.05) is 6.54 Å². The molecule has 0 spiro atoms. The van der Waals surface area contributed by atoms with Gasteiger partial charge in [0.15, 0.2) is 0 Å². The van der Waals surface area contributed by atoms with E-state index in [0.29, 0.717) is 12.5 Å². The number of carbonyl (C=O) groups is 1. The van der Waals surface area contributed by atoms with Crippen molar-refractivity contribution < 1.29 is 4.79 Å². The third-order valence-electron chi connectivity index (χ3n) is 3.49. The van der Waals surface area contributed by atoms with Crippen LogP contribution in [0.25, 0.3) is 0 Å². The Morgan fingerprint density at radius 1 is 1.28 bits per heavy atom. The number of hydrogen-bond acceptors (Lipinski definition) is 2. The van der Waals surface area contributed by atoms with Gasteiger partial charge in [-0.2, -0.15) is 0 Å². The number of rotatable bonds is 6. The molecule has 0 saturated heterocycles. The molecule has 0 radical (unpaired) electrons. The molecule has 1 aromatic carbocycles. The molecule has 0 saturated carbocycles. The smallest absolute Gasteiger partial charge is 0.224 e. The number of nitrogens with two attached hydrogens (primary N) is 1. The van der Waals surface area contributed by atoms with E-state index in [4.69, 9.17) is 5.73 Å². The molecular weight excluding hydrogens is 224 g/mol. The molecule has 0 aliphatic carbocycles. The normalized spacial score (nSPS) is 15.8. The Hall–Kier alpha value is -1.35. The van der Waals surface area contributed by atoms with Crippen molar-refractivity contribution in [1.82, 2.24) is 5.32 Å². The fourth-order valence-electron chi connectivity index (χ4n) is 1.85. The summed E-state index contributed by atoms with van der Waals surface area (Å²) in [7, 11) is 0. The minimum absolute atomic E-state index is 0.0411. The monoisotopic (exact) mass is 248 g/mol. The van der Waals surface area contributed by atoms with Crippen LogP contribution in [0.3, 0.4) is 0 Å². The fraction of sp³-hybridized carbons (Fsp3) is 0.533. The van der Waals surface area contributed by atoms with Gasteiger partial charge in [0.25, 0.3) is 0 Å². The number of benzene rings is 1. The summed E-state index contributed by atoms with van der Waals surface area (Å²) in [5.41, 5.74) is 7.00. The highest BCUT2D eigenvalue weighted by Gasteiger charge is 2.18. The highest BCUT2D eigenvalue weighted by atomic mass is 16.1. The van der Waals surface area contributed by atoms with E-state index in [1.54, 1.807) is 0 Å². The van der Waals surface area contributed by atoms with Crippen LogP contribution in [0.2, 0.25) is 0 Å². The Labute approximate surface area is 110 Å². The third-order valence-corrected chi connectivity index (χ3v) is 3.49. The van der Waals surface area contributed by atoms with Crippen molar-refractivity contribution in [2.45, 2.75) is 39.2 Å². The van der Waals surface area contributed by atoms with E-state index in [1.165, 1.54) is 5.56 Å². The molecule has 3 atom stereocenters. The SMILES string of the molecule is CCC(CNC(=O)C(C)C(C)N)c1ccccc1. The van der Waals surface area contributed by atoms with Gasteiger partial charge < -0.3 is 11.1 Å². The Bertz CT molecular complexity index is 362. The van der Waals surface area contributed by atoms with Gasteiger partial charge in [-0.05, 0) is 18.9 Å². The van der Waals surface area contributed by atoms with E-state index in [-0.39, 0.29) is 17.9 Å². The van der Waals surface area contributed by atoms with Gasteiger partial charge in [-0.1, -0.05) is 44.2 Å². The quantitative estimate of drug-likeness (QED) is 0.811. The molecular formula is C15H24N2O. The number of amides is 1. The first-order valence-electron chi connectivity index (χ1n) is 6.64. The van der Waals surface area contributed by atoms with Gasteiger partial charge in [0.2, 0.25) is 5.91 Å². The van der Waals surface area contributed by atoms with Crippen molar-refractivity contribution in [3.8, 4) is 0 Å². The molecule has 100 valence electrons. The van der Waals surface area contributed by atoms with Crippen LogP contribution in [0.4, 0.5) is 0 Å². The van der Waals surface area contributed by atoms with E-state index in [9.17, 15) is 4.79 Å². The largest absolute Gasteiger partial charge is 0.355 e. The molecule has 18 heavy (non-hydrogen) atoms. The van der Waals surface area contributed by atoms with E-state index in [0.717, 1.165) is 6.42 Å². The van der Waals surface area contributed by atoms with Crippen molar-refractivity contribution in [2.24, 2.45) is 11.7 Å². The molecule has 0 aliphatic rings. The second-order valence-corrected chi connectivity index (χ2v) is 4.91. The van der Waals surface area contributed by atoms with Crippen molar-refractivity contribution in [1.29, 1.82) is 0 Å². The Morgan fingerprint density at radius 3 is 2.39 bits per heavy atom. The standard InChI is InChI=1S/C15H24N2O/c1-4-13(14-8-6-5-7-9-14)10-17-15(18)11(2)12(3)16/h5-9,11-13H,4,10,16H2,1-3H3,(H,17,18). The first-order chi connectivity index (χ1) is 8.56.